The van der Waals surface area contributed by atoms with Gasteiger partial charge in [0.2, 0.25) is 5.91 Å². The van der Waals surface area contributed by atoms with Crippen LogP contribution < -0.4 is 15.4 Å². The molecule has 1 rings (SSSR count). The number of para-hydroxylation sites is 1. The SMILES string of the molecule is COc1cccc(C(=O)NCC(=O)NC(C)(C)C)c1O. The van der Waals surface area contributed by atoms with Crippen molar-refractivity contribution >= 4 is 11.8 Å². The zero-order chi connectivity index (χ0) is 15.3. The summed E-state index contributed by atoms with van der Waals surface area (Å²) in [5, 5.41) is 15.0. The highest BCUT2D eigenvalue weighted by Crippen LogP contribution is 2.28. The van der Waals surface area contributed by atoms with Gasteiger partial charge in [0.05, 0.1) is 19.2 Å². The maximum atomic E-state index is 11.9. The maximum Gasteiger partial charge on any atom is 0.255 e. The smallest absolute Gasteiger partial charge is 0.255 e. The molecule has 2 amide bonds. The van der Waals surface area contributed by atoms with Crippen LogP contribution in [0.5, 0.6) is 11.5 Å². The van der Waals surface area contributed by atoms with Gasteiger partial charge in [0.15, 0.2) is 11.5 Å². The molecule has 0 aliphatic rings. The Morgan fingerprint density at radius 2 is 1.95 bits per heavy atom. The van der Waals surface area contributed by atoms with Crippen molar-refractivity contribution in [1.82, 2.24) is 10.6 Å². The van der Waals surface area contributed by atoms with Gasteiger partial charge < -0.3 is 20.5 Å². The van der Waals surface area contributed by atoms with E-state index >= 15 is 0 Å². The number of aromatic hydroxyl groups is 1. The lowest BCUT2D eigenvalue weighted by Crippen LogP contribution is -2.45. The molecule has 1 aromatic carbocycles. The first-order valence-electron chi connectivity index (χ1n) is 6.20. The second-order valence-electron chi connectivity index (χ2n) is 5.34. The molecule has 1 aromatic rings. The first-order chi connectivity index (χ1) is 9.24. The van der Waals surface area contributed by atoms with Gasteiger partial charge in [-0.1, -0.05) is 6.07 Å². The van der Waals surface area contributed by atoms with Gasteiger partial charge in [-0.3, -0.25) is 9.59 Å². The molecular weight excluding hydrogens is 260 g/mol. The standard InChI is InChI=1S/C14H20N2O4/c1-14(2,3)16-11(17)8-15-13(19)9-6-5-7-10(20-4)12(9)18/h5-7,18H,8H2,1-4H3,(H,15,19)(H,16,17). The molecule has 6 heteroatoms. The highest BCUT2D eigenvalue weighted by atomic mass is 16.5. The Balaban J connectivity index is 2.66. The fourth-order valence-corrected chi connectivity index (χ4v) is 1.59. The molecule has 0 radical (unpaired) electrons. The Morgan fingerprint density at radius 3 is 2.50 bits per heavy atom. The molecule has 3 N–H and O–H groups in total. The number of amides is 2. The fraction of sp³-hybridized carbons (Fsp3) is 0.429. The third-order valence-corrected chi connectivity index (χ3v) is 2.39. The molecule has 0 heterocycles. The molecule has 0 aromatic heterocycles. The average molecular weight is 280 g/mol. The zero-order valence-electron chi connectivity index (χ0n) is 12.1. The lowest BCUT2D eigenvalue weighted by molar-refractivity contribution is -0.121. The van der Waals surface area contributed by atoms with Crippen LogP contribution in [0.4, 0.5) is 0 Å². The molecule has 0 aliphatic heterocycles. The molecule has 6 nitrogen and oxygen atoms in total. The van der Waals surface area contributed by atoms with E-state index in [4.69, 9.17) is 4.74 Å². The molecule has 0 bridgehead atoms. The third-order valence-electron chi connectivity index (χ3n) is 2.39. The summed E-state index contributed by atoms with van der Waals surface area (Å²) in [6, 6.07) is 4.58. The molecule has 0 saturated carbocycles. The second-order valence-corrected chi connectivity index (χ2v) is 5.34. The molecule has 0 fully saturated rings. The highest BCUT2D eigenvalue weighted by Gasteiger charge is 2.17. The van der Waals surface area contributed by atoms with E-state index in [9.17, 15) is 14.7 Å². The minimum Gasteiger partial charge on any atom is -0.504 e. The van der Waals surface area contributed by atoms with Crippen LogP contribution in [0.25, 0.3) is 0 Å². The summed E-state index contributed by atoms with van der Waals surface area (Å²) in [6.45, 7) is 5.38. The summed E-state index contributed by atoms with van der Waals surface area (Å²) in [6.07, 6.45) is 0. The van der Waals surface area contributed by atoms with Crippen molar-refractivity contribution in [3.05, 3.63) is 23.8 Å². The van der Waals surface area contributed by atoms with Gasteiger partial charge in [0.25, 0.3) is 5.91 Å². The van der Waals surface area contributed by atoms with Gasteiger partial charge in [-0.15, -0.1) is 0 Å². The summed E-state index contributed by atoms with van der Waals surface area (Å²) < 4.78 is 4.92. The largest absolute Gasteiger partial charge is 0.504 e. The number of phenols is 1. The van der Waals surface area contributed by atoms with Gasteiger partial charge in [0.1, 0.15) is 0 Å². The molecule has 20 heavy (non-hydrogen) atoms. The second kappa shape index (κ2) is 6.27. The van der Waals surface area contributed by atoms with Gasteiger partial charge in [-0.2, -0.15) is 0 Å². The van der Waals surface area contributed by atoms with Crippen molar-refractivity contribution in [2.45, 2.75) is 26.3 Å². The van der Waals surface area contributed by atoms with E-state index in [-0.39, 0.29) is 35.1 Å². The van der Waals surface area contributed by atoms with E-state index < -0.39 is 5.91 Å². The van der Waals surface area contributed by atoms with Crippen LogP contribution in [0, 0.1) is 0 Å². The Labute approximate surface area is 118 Å². The number of nitrogens with one attached hydrogen (secondary N) is 2. The Hall–Kier alpha value is -2.24. The van der Waals surface area contributed by atoms with Crippen molar-refractivity contribution in [2.75, 3.05) is 13.7 Å². The number of methoxy groups -OCH3 is 1. The van der Waals surface area contributed by atoms with E-state index in [1.54, 1.807) is 12.1 Å². The number of hydrogen-bond acceptors (Lipinski definition) is 4. The molecular formula is C14H20N2O4. The average Bonchev–Trinajstić information content (AvgIpc) is 2.34. The quantitative estimate of drug-likeness (QED) is 0.769. The first-order valence-corrected chi connectivity index (χ1v) is 6.20. The summed E-state index contributed by atoms with van der Waals surface area (Å²) in [5.74, 6) is -0.876. The molecule has 110 valence electrons. The predicted octanol–water partition coefficient (Wildman–Crippen LogP) is 1.05. The molecule has 0 saturated heterocycles. The van der Waals surface area contributed by atoms with E-state index in [1.165, 1.54) is 13.2 Å². The van der Waals surface area contributed by atoms with Crippen LogP contribution >= 0.6 is 0 Å². The number of benzene rings is 1. The van der Waals surface area contributed by atoms with Crippen LogP contribution in [0.15, 0.2) is 18.2 Å². The number of ether oxygens (including phenoxy) is 1. The van der Waals surface area contributed by atoms with Crippen LogP contribution in [-0.4, -0.2) is 36.1 Å². The number of rotatable bonds is 4. The van der Waals surface area contributed by atoms with Crippen LogP contribution in [0.3, 0.4) is 0 Å². The van der Waals surface area contributed by atoms with Crippen molar-refractivity contribution < 1.29 is 19.4 Å². The fourth-order valence-electron chi connectivity index (χ4n) is 1.59. The van der Waals surface area contributed by atoms with Crippen molar-refractivity contribution in [3.8, 4) is 11.5 Å². The number of carbonyl (C=O) groups is 2. The lowest BCUT2D eigenvalue weighted by Gasteiger charge is -2.20. The van der Waals surface area contributed by atoms with E-state index in [1.807, 2.05) is 20.8 Å². The van der Waals surface area contributed by atoms with E-state index in [2.05, 4.69) is 10.6 Å². The van der Waals surface area contributed by atoms with Gasteiger partial charge in [-0.25, -0.2) is 0 Å². The summed E-state index contributed by atoms with van der Waals surface area (Å²) in [5.41, 5.74) is -0.298. The third kappa shape index (κ3) is 4.46. The highest BCUT2D eigenvalue weighted by molar-refractivity contribution is 5.99. The lowest BCUT2D eigenvalue weighted by atomic mass is 10.1. The summed E-state index contributed by atoms with van der Waals surface area (Å²) in [4.78, 5) is 23.5. The van der Waals surface area contributed by atoms with E-state index in [0.717, 1.165) is 0 Å². The number of carbonyl (C=O) groups excluding carboxylic acids is 2. The molecule has 0 spiro atoms. The van der Waals surface area contributed by atoms with Crippen molar-refractivity contribution in [1.29, 1.82) is 0 Å². The molecule has 0 atom stereocenters. The summed E-state index contributed by atoms with van der Waals surface area (Å²) in [7, 11) is 1.40. The van der Waals surface area contributed by atoms with Gasteiger partial charge in [0, 0.05) is 5.54 Å². The van der Waals surface area contributed by atoms with Crippen molar-refractivity contribution in [2.24, 2.45) is 0 Å². The molecule has 0 aliphatic carbocycles. The topological polar surface area (TPSA) is 87.7 Å². The van der Waals surface area contributed by atoms with E-state index in [0.29, 0.717) is 0 Å². The predicted molar refractivity (Wildman–Crippen MR) is 74.9 cm³/mol. The minimum absolute atomic E-state index is 0.0629. The van der Waals surface area contributed by atoms with Crippen LogP contribution in [0.1, 0.15) is 31.1 Å². The zero-order valence-corrected chi connectivity index (χ0v) is 12.1. The monoisotopic (exact) mass is 280 g/mol. The maximum absolute atomic E-state index is 11.9. The Bertz CT molecular complexity index is 506. The van der Waals surface area contributed by atoms with Crippen molar-refractivity contribution in [3.63, 3.8) is 0 Å². The number of hydrogen-bond donors (Lipinski definition) is 3. The van der Waals surface area contributed by atoms with Gasteiger partial charge >= 0.3 is 0 Å². The van der Waals surface area contributed by atoms with Crippen LogP contribution in [-0.2, 0) is 4.79 Å². The van der Waals surface area contributed by atoms with Gasteiger partial charge in [-0.05, 0) is 32.9 Å². The van der Waals surface area contributed by atoms with Crippen LogP contribution in [0.2, 0.25) is 0 Å². The first kappa shape index (κ1) is 15.8. The minimum atomic E-state index is -0.537. The Kier molecular flexibility index (Phi) is 4.96. The Morgan fingerprint density at radius 1 is 1.30 bits per heavy atom. The molecule has 0 unspecified atom stereocenters. The normalized spacial score (nSPS) is 10.8. The summed E-state index contributed by atoms with van der Waals surface area (Å²) >= 11 is 0. The number of phenolic OH excluding ortho intramolecular Hbond substituents is 1.